The molecule has 0 heterocycles. The molecule has 0 saturated heterocycles. The fourth-order valence-electron chi connectivity index (χ4n) is 1.20. The van der Waals surface area contributed by atoms with Crippen LogP contribution < -0.4 is 0 Å². The summed E-state index contributed by atoms with van der Waals surface area (Å²) in [6.45, 7) is -0.402. The minimum Gasteiger partial charge on any atom is -0.300 e. The largest absolute Gasteiger partial charge is 0.416 e. The molecule has 0 bridgehead atoms. The minimum absolute atomic E-state index is 0.0668. The van der Waals surface area contributed by atoms with E-state index in [4.69, 9.17) is 0 Å². The zero-order valence-corrected chi connectivity index (χ0v) is 10.2. The third kappa shape index (κ3) is 4.29. The Kier molecular flexibility index (Phi) is 4.84. The molecule has 0 N–H and O–H groups in total. The molecule has 18 heavy (non-hydrogen) atoms. The molecular weight excluding hydrogens is 302 g/mol. The number of rotatable bonds is 3. The summed E-state index contributed by atoms with van der Waals surface area (Å²) in [5.74, 6) is 0. The predicted octanol–water partition coefficient (Wildman–Crippen LogP) is 4.73. The van der Waals surface area contributed by atoms with Gasteiger partial charge in [0.15, 0.2) is 0 Å². The molecule has 0 saturated carbocycles. The van der Waals surface area contributed by atoms with E-state index in [1.54, 1.807) is 0 Å². The van der Waals surface area contributed by atoms with E-state index in [0.29, 0.717) is 23.2 Å². The molecule has 9 heteroatoms. The number of alkyl halides is 6. The molecule has 0 aliphatic rings. The molecule has 0 atom stereocenters. The zero-order chi connectivity index (χ0) is 14.0. The van der Waals surface area contributed by atoms with E-state index in [-0.39, 0.29) is 11.6 Å². The highest BCUT2D eigenvalue weighted by molar-refractivity contribution is 8.66. The van der Waals surface area contributed by atoms with Crippen molar-refractivity contribution in [3.05, 3.63) is 34.9 Å². The van der Waals surface area contributed by atoms with Crippen molar-refractivity contribution in [2.75, 3.05) is 0 Å². The molecule has 0 unspecified atom stereocenters. The molecule has 1 aromatic carbocycles. The second kappa shape index (κ2) is 5.62. The Morgan fingerprint density at radius 1 is 0.944 bits per heavy atom. The lowest BCUT2D eigenvalue weighted by atomic mass is 10.1. The highest BCUT2D eigenvalue weighted by atomic mass is 33.1. The van der Waals surface area contributed by atoms with Crippen LogP contribution in [0.5, 0.6) is 0 Å². The van der Waals surface area contributed by atoms with Gasteiger partial charge in [0.1, 0.15) is 0 Å². The first kappa shape index (κ1) is 15.5. The summed E-state index contributed by atoms with van der Waals surface area (Å²) in [5, 5.41) is 0. The Labute approximate surface area is 108 Å². The number of benzene rings is 1. The summed E-state index contributed by atoms with van der Waals surface area (Å²) in [4.78, 5) is 0. The maximum atomic E-state index is 12.4. The quantitative estimate of drug-likeness (QED) is 0.374. The van der Waals surface area contributed by atoms with E-state index in [1.165, 1.54) is 0 Å². The van der Waals surface area contributed by atoms with Crippen LogP contribution in [0.4, 0.5) is 26.3 Å². The van der Waals surface area contributed by atoms with Gasteiger partial charge in [0.25, 0.3) is 0 Å². The molecule has 1 rings (SSSR count). The average molecular weight is 308 g/mol. The molecule has 0 aliphatic heterocycles. The van der Waals surface area contributed by atoms with Crippen molar-refractivity contribution >= 4 is 22.7 Å². The molecule has 0 amide bonds. The van der Waals surface area contributed by atoms with Crippen LogP contribution in [0.1, 0.15) is 16.7 Å². The van der Waals surface area contributed by atoms with Crippen molar-refractivity contribution in [2.45, 2.75) is 19.0 Å². The van der Waals surface area contributed by atoms with Gasteiger partial charge in [-0.25, -0.2) is 0 Å². The van der Waals surface area contributed by atoms with Crippen LogP contribution in [0.25, 0.3) is 0 Å². The van der Waals surface area contributed by atoms with Gasteiger partial charge in [-0.05, 0) is 23.8 Å². The second-order valence-corrected chi connectivity index (χ2v) is 4.08. The lowest BCUT2D eigenvalue weighted by molar-refractivity contribution is -0.143. The Hall–Kier alpha value is -0.540. The van der Waals surface area contributed by atoms with E-state index in [9.17, 15) is 26.3 Å². The summed E-state index contributed by atoms with van der Waals surface area (Å²) < 4.78 is 79.2. The summed E-state index contributed by atoms with van der Waals surface area (Å²) in [6, 6.07) is 1.29. The van der Waals surface area contributed by atoms with Crippen LogP contribution in [0.15, 0.2) is 18.2 Å². The summed E-state index contributed by atoms with van der Waals surface area (Å²) in [7, 11) is 0. The number of thiol groups is 1. The molecule has 0 radical (unpaired) electrons. The molecule has 0 aliphatic carbocycles. The minimum atomic E-state index is -4.84. The Balaban J connectivity index is 3.21. The third-order valence-corrected chi connectivity index (χ3v) is 2.47. The first-order chi connectivity index (χ1) is 8.14. The average Bonchev–Trinajstić information content (AvgIpc) is 2.23. The maximum absolute atomic E-state index is 12.4. The predicted molar refractivity (Wildman–Crippen MR) is 57.8 cm³/mol. The molecule has 0 aromatic heterocycles. The van der Waals surface area contributed by atoms with Gasteiger partial charge < -0.3 is 4.18 Å². The highest BCUT2D eigenvalue weighted by Gasteiger charge is 2.36. The van der Waals surface area contributed by atoms with Crippen molar-refractivity contribution < 1.29 is 30.5 Å². The molecule has 0 spiro atoms. The van der Waals surface area contributed by atoms with Crippen molar-refractivity contribution in [3.63, 3.8) is 0 Å². The van der Waals surface area contributed by atoms with Crippen molar-refractivity contribution in [1.29, 1.82) is 0 Å². The number of halogens is 6. The van der Waals surface area contributed by atoms with Gasteiger partial charge in [0.2, 0.25) is 0 Å². The van der Waals surface area contributed by atoms with Crippen LogP contribution in [-0.2, 0) is 23.1 Å². The normalized spacial score (nSPS) is 12.8. The lowest BCUT2D eigenvalue weighted by Crippen LogP contribution is -2.11. The fraction of sp³-hybridized carbons (Fsp3) is 0.333. The van der Waals surface area contributed by atoms with Gasteiger partial charge in [-0.3, -0.25) is 0 Å². The van der Waals surface area contributed by atoms with Crippen molar-refractivity contribution in [3.8, 4) is 0 Å². The maximum Gasteiger partial charge on any atom is 0.416 e. The number of hydrogen-bond acceptors (Lipinski definition) is 3. The third-order valence-electron chi connectivity index (χ3n) is 1.93. The zero-order valence-electron chi connectivity index (χ0n) is 8.47. The molecule has 1 aromatic rings. The molecular formula is C9H6F6OS2. The van der Waals surface area contributed by atoms with Crippen LogP contribution >= 0.6 is 22.7 Å². The Bertz CT molecular complexity index is 382. The van der Waals surface area contributed by atoms with Crippen LogP contribution in [0.2, 0.25) is 0 Å². The van der Waals surface area contributed by atoms with Crippen LogP contribution in [0.3, 0.4) is 0 Å². The summed E-state index contributed by atoms with van der Waals surface area (Å²) in [6.07, 6.45) is -9.69. The standard InChI is InChI=1S/C9H6F6OS2/c10-8(11,12)6-1-5(4-16-18-17)2-7(3-6)9(13,14)15/h1-3,17H,4H2. The smallest absolute Gasteiger partial charge is 0.300 e. The molecule has 102 valence electrons. The van der Waals surface area contributed by atoms with E-state index in [1.807, 2.05) is 0 Å². The van der Waals surface area contributed by atoms with E-state index in [2.05, 4.69) is 15.8 Å². The SMILES string of the molecule is FC(F)(F)c1cc(COSS)cc(C(F)(F)F)c1. The topological polar surface area (TPSA) is 9.23 Å². The van der Waals surface area contributed by atoms with Crippen molar-refractivity contribution in [1.82, 2.24) is 0 Å². The van der Waals surface area contributed by atoms with Gasteiger partial charge >= 0.3 is 12.4 Å². The molecule has 1 nitrogen and oxygen atoms in total. The Morgan fingerprint density at radius 2 is 1.39 bits per heavy atom. The van der Waals surface area contributed by atoms with Gasteiger partial charge in [-0.1, -0.05) is 11.7 Å². The van der Waals surface area contributed by atoms with Gasteiger partial charge in [0.05, 0.1) is 28.8 Å². The first-order valence-electron chi connectivity index (χ1n) is 4.36. The Morgan fingerprint density at radius 3 is 1.72 bits per heavy atom. The van der Waals surface area contributed by atoms with Crippen LogP contribution in [0, 0.1) is 0 Å². The fourth-order valence-corrected chi connectivity index (χ4v) is 1.54. The van der Waals surface area contributed by atoms with E-state index < -0.39 is 30.1 Å². The number of hydrogen-bond donors (Lipinski definition) is 1. The molecule has 0 fully saturated rings. The van der Waals surface area contributed by atoms with Crippen molar-refractivity contribution in [2.24, 2.45) is 0 Å². The highest BCUT2D eigenvalue weighted by Crippen LogP contribution is 2.36. The van der Waals surface area contributed by atoms with Gasteiger partial charge in [-0.15, -0.1) is 0 Å². The lowest BCUT2D eigenvalue weighted by Gasteiger charge is -2.13. The van der Waals surface area contributed by atoms with E-state index >= 15 is 0 Å². The van der Waals surface area contributed by atoms with Crippen LogP contribution in [-0.4, -0.2) is 0 Å². The summed E-state index contributed by atoms with van der Waals surface area (Å²) >= 11 is 4.12. The summed E-state index contributed by atoms with van der Waals surface area (Å²) in [5.41, 5.74) is -2.95. The first-order valence-corrected chi connectivity index (χ1v) is 6.15. The van der Waals surface area contributed by atoms with Gasteiger partial charge in [0, 0.05) is 0 Å². The second-order valence-electron chi connectivity index (χ2n) is 3.25. The monoisotopic (exact) mass is 308 g/mol. The van der Waals surface area contributed by atoms with Gasteiger partial charge in [-0.2, -0.15) is 26.3 Å². The van der Waals surface area contributed by atoms with E-state index in [0.717, 1.165) is 0 Å².